The normalized spacial score (nSPS) is 22.4. The van der Waals surface area contributed by atoms with E-state index in [9.17, 15) is 9.00 Å². The highest BCUT2D eigenvalue weighted by molar-refractivity contribution is 7.77. The van der Waals surface area contributed by atoms with Crippen LogP contribution >= 0.6 is 11.3 Å². The van der Waals surface area contributed by atoms with Gasteiger partial charge in [0.15, 0.2) is 10.8 Å². The van der Waals surface area contributed by atoms with E-state index in [0.717, 1.165) is 10.7 Å². The number of methoxy groups -OCH3 is 1. The number of amidine groups is 1. The number of carbonyl (C=O) groups is 1. The number of hydrogen-bond donors (Lipinski definition) is 2. The van der Waals surface area contributed by atoms with Crippen LogP contribution in [0.2, 0.25) is 0 Å². The predicted octanol–water partition coefficient (Wildman–Crippen LogP) is 0.131. The Morgan fingerprint density at radius 3 is 3.09 bits per heavy atom. The molecule has 1 saturated heterocycles. The lowest BCUT2D eigenvalue weighted by Gasteiger charge is -2.26. The smallest absolute Gasteiger partial charge is 0.337 e. The Kier molecular flexibility index (Phi) is 4.34. The van der Waals surface area contributed by atoms with Gasteiger partial charge in [-0.1, -0.05) is 0 Å². The molecule has 118 valence electrons. The van der Waals surface area contributed by atoms with E-state index >= 15 is 0 Å². The van der Waals surface area contributed by atoms with Gasteiger partial charge in [0.1, 0.15) is 0 Å². The van der Waals surface area contributed by atoms with Gasteiger partial charge in [-0.15, -0.1) is 11.3 Å². The molecule has 0 amide bonds. The highest BCUT2D eigenvalue weighted by Crippen LogP contribution is 2.31. The molecule has 0 aromatic carbocycles. The van der Waals surface area contributed by atoms with Crippen LogP contribution in [0.5, 0.6) is 0 Å². The van der Waals surface area contributed by atoms with E-state index in [1.807, 2.05) is 10.3 Å². The molecule has 2 aliphatic heterocycles. The Morgan fingerprint density at radius 2 is 2.45 bits per heavy atom. The molecule has 10 heteroatoms. The van der Waals surface area contributed by atoms with E-state index < -0.39 is 17.2 Å². The van der Waals surface area contributed by atoms with Gasteiger partial charge in [-0.3, -0.25) is 9.55 Å². The fourth-order valence-electron chi connectivity index (χ4n) is 2.61. The summed E-state index contributed by atoms with van der Waals surface area (Å²) >= 11 is -0.652. The van der Waals surface area contributed by atoms with Gasteiger partial charge in [-0.2, -0.15) is 0 Å². The molecule has 22 heavy (non-hydrogen) atoms. The molecular weight excluding hydrogens is 328 g/mol. The van der Waals surface area contributed by atoms with E-state index in [4.69, 9.17) is 9.29 Å². The van der Waals surface area contributed by atoms with Gasteiger partial charge in [0.05, 0.1) is 19.2 Å². The van der Waals surface area contributed by atoms with Crippen LogP contribution in [0.4, 0.5) is 0 Å². The second-order valence-corrected chi connectivity index (χ2v) is 6.40. The van der Waals surface area contributed by atoms with E-state index in [-0.39, 0.29) is 12.6 Å². The number of hydrogen-bond acceptors (Lipinski definition) is 7. The van der Waals surface area contributed by atoms with E-state index in [1.54, 1.807) is 6.20 Å². The van der Waals surface area contributed by atoms with Gasteiger partial charge in [-0.05, 0) is 0 Å². The third kappa shape index (κ3) is 2.82. The van der Waals surface area contributed by atoms with Crippen molar-refractivity contribution in [3.8, 4) is 0 Å². The van der Waals surface area contributed by atoms with Crippen LogP contribution in [0.15, 0.2) is 27.8 Å². The fraction of sp³-hybridized carbons (Fsp3) is 0.417. The maximum absolute atomic E-state index is 11.9. The van der Waals surface area contributed by atoms with Gasteiger partial charge >= 0.3 is 5.97 Å². The van der Waals surface area contributed by atoms with Crippen LogP contribution < -0.4 is 4.72 Å². The highest BCUT2D eigenvalue weighted by Gasteiger charge is 2.37. The van der Waals surface area contributed by atoms with Gasteiger partial charge in [0, 0.05) is 36.3 Å². The summed E-state index contributed by atoms with van der Waals surface area (Å²) in [5.41, 5.74) is 1.26. The summed E-state index contributed by atoms with van der Waals surface area (Å²) in [6, 6.07) is -0.247. The summed E-state index contributed by atoms with van der Waals surface area (Å²) in [6.07, 6.45) is 2.15. The standard InChI is InChI=1S/C12H14N4O4S2/c1-20-12(17)8-5-14-10(11-13-2-3-21-11)16-6-7(4-9(8)16)15-22(18)19/h2-3,7,15H,4-6H2,1H3,(H,18,19). The number of rotatable bonds is 4. The minimum Gasteiger partial charge on any atom is -0.466 e. The average Bonchev–Trinajstić information content (AvgIpc) is 3.13. The lowest BCUT2D eigenvalue weighted by atomic mass is 10.1. The molecule has 0 bridgehead atoms. The molecule has 0 aliphatic carbocycles. The van der Waals surface area contributed by atoms with Crippen molar-refractivity contribution in [3.05, 3.63) is 27.9 Å². The molecule has 0 radical (unpaired) electrons. The zero-order chi connectivity index (χ0) is 15.7. The summed E-state index contributed by atoms with van der Waals surface area (Å²) in [5, 5.41) is 2.61. The first-order valence-corrected chi connectivity index (χ1v) is 8.48. The van der Waals surface area contributed by atoms with Crippen LogP contribution in [0.25, 0.3) is 0 Å². The number of nitrogens with zero attached hydrogens (tertiary/aromatic N) is 3. The molecular formula is C12H14N4O4S2. The van der Waals surface area contributed by atoms with Crippen LogP contribution in [-0.4, -0.2) is 56.7 Å². The van der Waals surface area contributed by atoms with Crippen molar-refractivity contribution in [1.82, 2.24) is 14.6 Å². The van der Waals surface area contributed by atoms with Crippen molar-refractivity contribution in [2.45, 2.75) is 12.5 Å². The zero-order valence-electron chi connectivity index (χ0n) is 11.7. The minimum absolute atomic E-state index is 0.225. The molecule has 0 saturated carbocycles. The number of aliphatic imine (C=N–C) groups is 1. The molecule has 1 aromatic heterocycles. The van der Waals surface area contributed by atoms with Crippen molar-refractivity contribution < 1.29 is 18.3 Å². The largest absolute Gasteiger partial charge is 0.466 e. The van der Waals surface area contributed by atoms with Crippen LogP contribution in [-0.2, 0) is 20.8 Å². The predicted molar refractivity (Wildman–Crippen MR) is 81.6 cm³/mol. The Hall–Kier alpha value is -1.62. The molecule has 8 nitrogen and oxygen atoms in total. The van der Waals surface area contributed by atoms with E-state index in [1.165, 1.54) is 18.4 Å². The summed E-state index contributed by atoms with van der Waals surface area (Å²) in [6.45, 7) is 0.670. The Labute approximate surface area is 133 Å². The van der Waals surface area contributed by atoms with Crippen molar-refractivity contribution in [2.24, 2.45) is 4.99 Å². The molecule has 3 heterocycles. The summed E-state index contributed by atoms with van der Waals surface area (Å²) < 4.78 is 27.4. The summed E-state index contributed by atoms with van der Waals surface area (Å²) in [7, 11) is 1.33. The van der Waals surface area contributed by atoms with E-state index in [0.29, 0.717) is 24.4 Å². The number of ether oxygens (including phenoxy) is 1. The van der Waals surface area contributed by atoms with Crippen LogP contribution in [0.1, 0.15) is 11.4 Å². The van der Waals surface area contributed by atoms with Gasteiger partial charge in [0.2, 0.25) is 11.3 Å². The SMILES string of the molecule is COC(=O)C1=C2CC(NS(=O)O)CN2C(c2nccs2)=NC1. The van der Waals surface area contributed by atoms with E-state index in [2.05, 4.69) is 14.7 Å². The molecule has 2 N–H and O–H groups in total. The number of fused-ring (bicyclic) bond motifs is 1. The molecule has 2 atom stereocenters. The monoisotopic (exact) mass is 342 g/mol. The Morgan fingerprint density at radius 1 is 1.64 bits per heavy atom. The maximum atomic E-state index is 11.9. The van der Waals surface area contributed by atoms with Gasteiger partial charge in [0.25, 0.3) is 0 Å². The number of esters is 1. The van der Waals surface area contributed by atoms with Crippen LogP contribution in [0, 0.1) is 0 Å². The lowest BCUT2D eigenvalue weighted by Crippen LogP contribution is -2.37. The number of nitrogens with one attached hydrogen (secondary N) is 1. The van der Waals surface area contributed by atoms with Crippen molar-refractivity contribution in [3.63, 3.8) is 0 Å². The van der Waals surface area contributed by atoms with Crippen molar-refractivity contribution in [2.75, 3.05) is 20.2 Å². The first kappa shape index (κ1) is 15.3. The van der Waals surface area contributed by atoms with Crippen LogP contribution in [0.3, 0.4) is 0 Å². The number of carbonyl (C=O) groups excluding carboxylic acids is 1. The topological polar surface area (TPSA) is 104 Å². The van der Waals surface area contributed by atoms with Crippen molar-refractivity contribution >= 4 is 34.4 Å². The molecule has 1 fully saturated rings. The average molecular weight is 342 g/mol. The van der Waals surface area contributed by atoms with Gasteiger partial charge < -0.3 is 9.64 Å². The third-order valence-electron chi connectivity index (χ3n) is 3.48. The van der Waals surface area contributed by atoms with Gasteiger partial charge in [-0.25, -0.2) is 18.7 Å². The molecule has 2 aliphatic rings. The maximum Gasteiger partial charge on any atom is 0.337 e. The Balaban J connectivity index is 1.94. The first-order valence-electron chi connectivity index (χ1n) is 6.49. The lowest BCUT2D eigenvalue weighted by molar-refractivity contribution is -0.136. The molecule has 0 spiro atoms. The zero-order valence-corrected chi connectivity index (χ0v) is 13.3. The number of aromatic nitrogens is 1. The summed E-state index contributed by atoms with van der Waals surface area (Å²) in [4.78, 5) is 22.5. The molecule has 3 rings (SSSR count). The quantitative estimate of drug-likeness (QED) is 0.595. The third-order valence-corrected chi connectivity index (χ3v) is 4.79. The number of thiazole rings is 1. The minimum atomic E-state index is -2.11. The molecule has 2 unspecified atom stereocenters. The van der Waals surface area contributed by atoms with Crippen molar-refractivity contribution in [1.29, 1.82) is 0 Å². The second-order valence-electron chi connectivity index (χ2n) is 4.77. The second kappa shape index (κ2) is 6.24. The summed E-state index contributed by atoms with van der Waals surface area (Å²) in [5.74, 6) is 0.262. The fourth-order valence-corrected chi connectivity index (χ4v) is 3.71. The molecule has 1 aromatic rings. The highest BCUT2D eigenvalue weighted by atomic mass is 32.2. The Bertz CT molecular complexity index is 671. The first-order chi connectivity index (χ1) is 10.6.